The van der Waals surface area contributed by atoms with Gasteiger partial charge in [-0.1, -0.05) is 17.7 Å². The van der Waals surface area contributed by atoms with Gasteiger partial charge in [-0.2, -0.15) is 0 Å². The average molecular weight is 497 g/mol. The zero-order valence-electron chi connectivity index (χ0n) is 19.0. The molecule has 34 heavy (non-hydrogen) atoms. The first-order valence-electron chi connectivity index (χ1n) is 11.2. The summed E-state index contributed by atoms with van der Waals surface area (Å²) < 4.78 is 11.1. The van der Waals surface area contributed by atoms with Crippen LogP contribution in [0.5, 0.6) is 11.5 Å². The number of nitrogens with zero attached hydrogens (tertiary/aromatic N) is 2. The Hall–Kier alpha value is -3.03. The summed E-state index contributed by atoms with van der Waals surface area (Å²) in [6.07, 6.45) is 2.00. The molecule has 1 aromatic heterocycles. The molecule has 5 rings (SSSR count). The molecule has 0 saturated carbocycles. The number of carbonyl (C=O) groups excluding carboxylic acids is 2. The molecule has 2 amide bonds. The van der Waals surface area contributed by atoms with E-state index in [4.69, 9.17) is 21.1 Å². The molecule has 8 heteroatoms. The van der Waals surface area contributed by atoms with E-state index in [0.717, 1.165) is 22.4 Å². The number of hydrogen-bond acceptors (Lipinski definition) is 5. The van der Waals surface area contributed by atoms with Crippen molar-refractivity contribution in [3.63, 3.8) is 0 Å². The highest BCUT2D eigenvalue weighted by Crippen LogP contribution is 2.43. The Morgan fingerprint density at radius 3 is 2.53 bits per heavy atom. The van der Waals surface area contributed by atoms with E-state index in [2.05, 4.69) is 6.07 Å². The second kappa shape index (κ2) is 9.31. The van der Waals surface area contributed by atoms with Gasteiger partial charge in [0.15, 0.2) is 11.5 Å². The molecule has 1 fully saturated rings. The summed E-state index contributed by atoms with van der Waals surface area (Å²) in [4.78, 5) is 30.9. The molecule has 0 N–H and O–H groups in total. The van der Waals surface area contributed by atoms with Crippen LogP contribution in [0.15, 0.2) is 47.8 Å². The lowest BCUT2D eigenvalue weighted by atomic mass is 9.90. The number of halogens is 1. The zero-order chi connectivity index (χ0) is 23.8. The first-order valence-corrected chi connectivity index (χ1v) is 12.5. The molecule has 1 unspecified atom stereocenters. The molecule has 2 aliphatic rings. The smallest absolute Gasteiger partial charge is 0.254 e. The van der Waals surface area contributed by atoms with E-state index in [1.807, 2.05) is 28.5 Å². The van der Waals surface area contributed by atoms with Gasteiger partial charge in [0.25, 0.3) is 5.91 Å². The van der Waals surface area contributed by atoms with Crippen molar-refractivity contribution in [2.45, 2.75) is 25.3 Å². The van der Waals surface area contributed by atoms with E-state index in [9.17, 15) is 9.59 Å². The predicted molar refractivity (Wildman–Crippen MR) is 133 cm³/mol. The molecule has 0 bridgehead atoms. The number of anilines is 1. The predicted octanol–water partition coefficient (Wildman–Crippen LogP) is 5.33. The van der Waals surface area contributed by atoms with Crippen LogP contribution >= 0.6 is 22.9 Å². The highest BCUT2D eigenvalue weighted by molar-refractivity contribution is 7.10. The summed E-state index contributed by atoms with van der Waals surface area (Å²) in [6, 6.07) is 13.0. The van der Waals surface area contributed by atoms with E-state index in [-0.39, 0.29) is 17.9 Å². The Bertz CT molecular complexity index is 1240. The number of hydrogen-bond donors (Lipinski definition) is 0. The number of thiophene rings is 1. The Kier molecular flexibility index (Phi) is 6.23. The van der Waals surface area contributed by atoms with Crippen molar-refractivity contribution >= 4 is 40.4 Å². The normalized spacial score (nSPS) is 17.6. The molecule has 0 radical (unpaired) electrons. The van der Waals surface area contributed by atoms with Crippen LogP contribution in [0.3, 0.4) is 0 Å². The minimum Gasteiger partial charge on any atom is -0.493 e. The van der Waals surface area contributed by atoms with Crippen LogP contribution in [-0.2, 0) is 11.2 Å². The van der Waals surface area contributed by atoms with Gasteiger partial charge in [-0.25, -0.2) is 0 Å². The summed E-state index contributed by atoms with van der Waals surface area (Å²) in [7, 11) is 3.24. The molecule has 176 valence electrons. The fraction of sp³-hybridized carbons (Fsp3) is 0.308. The molecule has 0 spiro atoms. The molecule has 0 aliphatic carbocycles. The van der Waals surface area contributed by atoms with Crippen LogP contribution in [0.1, 0.15) is 45.2 Å². The summed E-state index contributed by atoms with van der Waals surface area (Å²) >= 11 is 8.05. The molecule has 1 atom stereocenters. The van der Waals surface area contributed by atoms with Gasteiger partial charge in [0, 0.05) is 30.0 Å². The number of methoxy groups -OCH3 is 2. The van der Waals surface area contributed by atoms with Gasteiger partial charge in [-0.15, -0.1) is 11.3 Å². The standard InChI is InChI=1S/C26H25ClN2O4S/c1-32-21-14-16-9-11-29(25(23-5-4-12-34-23)18(16)15-22(21)33-2)26(31)17-7-8-19(27)20(13-17)28-10-3-6-24(28)30/h4-5,7-8,12-15,25H,3,6,9-11H2,1-2H3. The second-order valence-electron chi connectivity index (χ2n) is 8.39. The lowest BCUT2D eigenvalue weighted by molar-refractivity contribution is -0.117. The fourth-order valence-corrected chi connectivity index (χ4v) is 5.91. The van der Waals surface area contributed by atoms with Crippen molar-refractivity contribution in [2.24, 2.45) is 0 Å². The Labute approximate surface area is 207 Å². The lowest BCUT2D eigenvalue weighted by Crippen LogP contribution is -2.40. The largest absolute Gasteiger partial charge is 0.493 e. The van der Waals surface area contributed by atoms with Crippen LogP contribution in [-0.4, -0.2) is 44.0 Å². The average Bonchev–Trinajstić information content (AvgIpc) is 3.54. The van der Waals surface area contributed by atoms with Crippen LogP contribution in [0.2, 0.25) is 5.02 Å². The number of carbonyl (C=O) groups is 2. The fourth-order valence-electron chi connectivity index (χ4n) is 4.84. The maximum atomic E-state index is 13.9. The van der Waals surface area contributed by atoms with Crippen LogP contribution in [0.25, 0.3) is 0 Å². The first-order chi connectivity index (χ1) is 16.5. The van der Waals surface area contributed by atoms with Crippen molar-refractivity contribution in [2.75, 3.05) is 32.2 Å². The molecule has 2 aromatic carbocycles. The second-order valence-corrected chi connectivity index (χ2v) is 9.77. The van der Waals surface area contributed by atoms with E-state index in [0.29, 0.717) is 53.7 Å². The number of rotatable bonds is 5. The molecule has 6 nitrogen and oxygen atoms in total. The summed E-state index contributed by atoms with van der Waals surface area (Å²) in [5.41, 5.74) is 3.29. The Morgan fingerprint density at radius 2 is 1.85 bits per heavy atom. The summed E-state index contributed by atoms with van der Waals surface area (Å²) in [5.74, 6) is 1.27. The van der Waals surface area contributed by atoms with Gasteiger partial charge in [-0.05, 0) is 65.7 Å². The Balaban J connectivity index is 1.56. The third kappa shape index (κ3) is 3.93. The topological polar surface area (TPSA) is 59.1 Å². The van der Waals surface area contributed by atoms with Gasteiger partial charge >= 0.3 is 0 Å². The SMILES string of the molecule is COc1cc2c(cc1OC)C(c1cccs1)N(C(=O)c1ccc(Cl)c(N3CCCC3=O)c1)CC2. The minimum absolute atomic E-state index is 0.0379. The number of benzene rings is 2. The maximum absolute atomic E-state index is 13.9. The number of ether oxygens (including phenoxy) is 2. The quantitative estimate of drug-likeness (QED) is 0.479. The monoisotopic (exact) mass is 496 g/mol. The number of fused-ring (bicyclic) bond motifs is 1. The minimum atomic E-state index is -0.247. The lowest BCUT2D eigenvalue weighted by Gasteiger charge is -2.37. The van der Waals surface area contributed by atoms with E-state index < -0.39 is 0 Å². The molecule has 2 aliphatic heterocycles. The van der Waals surface area contributed by atoms with Crippen molar-refractivity contribution in [3.05, 3.63) is 74.4 Å². The highest BCUT2D eigenvalue weighted by atomic mass is 35.5. The van der Waals surface area contributed by atoms with E-state index in [1.54, 1.807) is 48.7 Å². The molecular formula is C26H25ClN2O4S. The van der Waals surface area contributed by atoms with Crippen LogP contribution in [0.4, 0.5) is 5.69 Å². The Morgan fingerprint density at radius 1 is 1.06 bits per heavy atom. The molecular weight excluding hydrogens is 472 g/mol. The molecule has 3 aromatic rings. The third-order valence-electron chi connectivity index (χ3n) is 6.50. The first kappa shape index (κ1) is 22.7. The van der Waals surface area contributed by atoms with E-state index >= 15 is 0 Å². The van der Waals surface area contributed by atoms with Gasteiger partial charge < -0.3 is 19.3 Å². The van der Waals surface area contributed by atoms with Crippen molar-refractivity contribution in [1.29, 1.82) is 0 Å². The van der Waals surface area contributed by atoms with Gasteiger partial charge in [0.05, 0.1) is 31.0 Å². The van der Waals surface area contributed by atoms with Crippen molar-refractivity contribution < 1.29 is 19.1 Å². The highest BCUT2D eigenvalue weighted by Gasteiger charge is 2.35. The van der Waals surface area contributed by atoms with Crippen LogP contribution in [0, 0.1) is 0 Å². The number of amides is 2. The summed E-state index contributed by atoms with van der Waals surface area (Å²) in [5, 5.41) is 2.49. The van der Waals surface area contributed by atoms with Gasteiger partial charge in [0.2, 0.25) is 5.91 Å². The third-order valence-corrected chi connectivity index (χ3v) is 7.75. The molecule has 1 saturated heterocycles. The van der Waals surface area contributed by atoms with E-state index in [1.165, 1.54) is 0 Å². The molecule has 3 heterocycles. The van der Waals surface area contributed by atoms with Crippen molar-refractivity contribution in [3.8, 4) is 11.5 Å². The summed E-state index contributed by atoms with van der Waals surface area (Å²) in [6.45, 7) is 1.18. The van der Waals surface area contributed by atoms with Crippen molar-refractivity contribution in [1.82, 2.24) is 4.90 Å². The van der Waals surface area contributed by atoms with Gasteiger partial charge in [0.1, 0.15) is 0 Å². The zero-order valence-corrected chi connectivity index (χ0v) is 20.6. The maximum Gasteiger partial charge on any atom is 0.254 e. The van der Waals surface area contributed by atoms with Gasteiger partial charge in [-0.3, -0.25) is 9.59 Å². The van der Waals surface area contributed by atoms with Crippen LogP contribution < -0.4 is 14.4 Å².